The van der Waals surface area contributed by atoms with E-state index in [0.29, 0.717) is 6.04 Å². The van der Waals surface area contributed by atoms with Gasteiger partial charge in [0.05, 0.1) is 0 Å². The highest BCUT2D eigenvalue weighted by Crippen LogP contribution is 2.13. The third-order valence-corrected chi connectivity index (χ3v) is 4.43. The van der Waals surface area contributed by atoms with E-state index >= 15 is 0 Å². The fraction of sp³-hybridized carbons (Fsp3) is 1.00. The molecule has 1 aliphatic heterocycles. The predicted octanol–water partition coefficient (Wildman–Crippen LogP) is 4.20. The van der Waals surface area contributed by atoms with Gasteiger partial charge in [-0.3, -0.25) is 0 Å². The van der Waals surface area contributed by atoms with E-state index in [1.165, 1.54) is 77.4 Å². The maximum Gasteiger partial charge on any atom is 0.00938 e. The van der Waals surface area contributed by atoms with Gasteiger partial charge < -0.3 is 10.2 Å². The van der Waals surface area contributed by atoms with Crippen molar-refractivity contribution in [1.82, 2.24) is 10.2 Å². The van der Waals surface area contributed by atoms with Gasteiger partial charge in [-0.25, -0.2) is 0 Å². The Balaban J connectivity index is 2.04. The SMILES string of the molecule is CCCCCCC(C)NC1CCN(CCCC)CC1. The van der Waals surface area contributed by atoms with Gasteiger partial charge in [0.2, 0.25) is 0 Å². The summed E-state index contributed by atoms with van der Waals surface area (Å²) in [6, 6.07) is 1.49. The Morgan fingerprint density at radius 1 is 1.00 bits per heavy atom. The summed E-state index contributed by atoms with van der Waals surface area (Å²) in [7, 11) is 0. The molecule has 2 heteroatoms. The maximum absolute atomic E-state index is 3.85. The molecule has 1 atom stereocenters. The fourth-order valence-corrected chi connectivity index (χ4v) is 3.07. The molecule has 1 N–H and O–H groups in total. The monoisotopic (exact) mass is 268 g/mol. The van der Waals surface area contributed by atoms with Crippen LogP contribution in [0.2, 0.25) is 0 Å². The van der Waals surface area contributed by atoms with Crippen LogP contribution in [-0.2, 0) is 0 Å². The van der Waals surface area contributed by atoms with Crippen LogP contribution in [0, 0.1) is 0 Å². The lowest BCUT2D eigenvalue weighted by molar-refractivity contribution is 0.188. The number of hydrogen-bond donors (Lipinski definition) is 1. The van der Waals surface area contributed by atoms with E-state index in [9.17, 15) is 0 Å². The molecule has 1 saturated heterocycles. The number of rotatable bonds is 10. The van der Waals surface area contributed by atoms with E-state index in [1.54, 1.807) is 0 Å². The first-order valence-electron chi connectivity index (χ1n) is 8.74. The zero-order valence-electron chi connectivity index (χ0n) is 13.6. The lowest BCUT2D eigenvalue weighted by Crippen LogP contribution is -2.45. The average molecular weight is 268 g/mol. The number of unbranched alkanes of at least 4 members (excludes halogenated alkanes) is 4. The second kappa shape index (κ2) is 10.7. The smallest absolute Gasteiger partial charge is 0.00938 e. The van der Waals surface area contributed by atoms with Gasteiger partial charge in [0, 0.05) is 12.1 Å². The summed E-state index contributed by atoms with van der Waals surface area (Å²) < 4.78 is 0. The van der Waals surface area contributed by atoms with Crippen molar-refractivity contribution in [3.8, 4) is 0 Å². The molecule has 0 amide bonds. The van der Waals surface area contributed by atoms with Gasteiger partial charge in [-0.05, 0) is 52.2 Å². The van der Waals surface area contributed by atoms with Crippen molar-refractivity contribution >= 4 is 0 Å². The first-order valence-corrected chi connectivity index (χ1v) is 8.74. The molecule has 0 aromatic heterocycles. The quantitative estimate of drug-likeness (QED) is 0.597. The van der Waals surface area contributed by atoms with Crippen LogP contribution in [-0.4, -0.2) is 36.6 Å². The molecule has 1 aliphatic rings. The van der Waals surface area contributed by atoms with Crippen molar-refractivity contribution in [3.63, 3.8) is 0 Å². The summed E-state index contributed by atoms with van der Waals surface area (Å²) in [6.45, 7) is 10.9. The zero-order chi connectivity index (χ0) is 13.9. The third-order valence-electron chi connectivity index (χ3n) is 4.43. The van der Waals surface area contributed by atoms with E-state index in [0.717, 1.165) is 6.04 Å². The summed E-state index contributed by atoms with van der Waals surface area (Å²) in [5.41, 5.74) is 0. The Kier molecular flexibility index (Phi) is 9.54. The second-order valence-corrected chi connectivity index (χ2v) is 6.39. The summed E-state index contributed by atoms with van der Waals surface area (Å²) in [5.74, 6) is 0. The van der Waals surface area contributed by atoms with Crippen molar-refractivity contribution in [2.24, 2.45) is 0 Å². The number of piperidine rings is 1. The first kappa shape index (κ1) is 17.0. The molecule has 1 unspecified atom stereocenters. The van der Waals surface area contributed by atoms with Crippen molar-refractivity contribution in [2.75, 3.05) is 19.6 Å². The minimum atomic E-state index is 0.712. The molecule has 2 nitrogen and oxygen atoms in total. The molecular weight excluding hydrogens is 232 g/mol. The van der Waals surface area contributed by atoms with Gasteiger partial charge in [0.1, 0.15) is 0 Å². The number of hydrogen-bond acceptors (Lipinski definition) is 2. The molecule has 1 fully saturated rings. The van der Waals surface area contributed by atoms with Crippen molar-refractivity contribution in [2.45, 2.75) is 90.6 Å². The van der Waals surface area contributed by atoms with Crippen molar-refractivity contribution in [3.05, 3.63) is 0 Å². The molecule has 0 aromatic rings. The Morgan fingerprint density at radius 3 is 2.32 bits per heavy atom. The number of nitrogens with zero attached hydrogens (tertiary/aromatic N) is 1. The van der Waals surface area contributed by atoms with Crippen LogP contribution >= 0.6 is 0 Å². The Labute approximate surface area is 121 Å². The predicted molar refractivity (Wildman–Crippen MR) is 85.7 cm³/mol. The summed E-state index contributed by atoms with van der Waals surface area (Å²) >= 11 is 0. The van der Waals surface area contributed by atoms with Crippen LogP contribution < -0.4 is 5.32 Å². The third kappa shape index (κ3) is 7.94. The Hall–Kier alpha value is -0.0800. The minimum Gasteiger partial charge on any atom is -0.311 e. The van der Waals surface area contributed by atoms with Crippen molar-refractivity contribution < 1.29 is 0 Å². The number of nitrogens with one attached hydrogen (secondary N) is 1. The van der Waals surface area contributed by atoms with E-state index in [-0.39, 0.29) is 0 Å². The maximum atomic E-state index is 3.85. The highest BCUT2D eigenvalue weighted by molar-refractivity contribution is 4.79. The van der Waals surface area contributed by atoms with Crippen LogP contribution in [0.25, 0.3) is 0 Å². The summed E-state index contributed by atoms with van der Waals surface area (Å²) in [5, 5.41) is 3.85. The molecular formula is C17H36N2. The van der Waals surface area contributed by atoms with Crippen LogP contribution in [0.1, 0.15) is 78.6 Å². The summed E-state index contributed by atoms with van der Waals surface area (Å²) in [4.78, 5) is 2.65. The van der Waals surface area contributed by atoms with Gasteiger partial charge in [-0.1, -0.05) is 46.0 Å². The molecule has 0 bridgehead atoms. The largest absolute Gasteiger partial charge is 0.311 e. The Bertz CT molecular complexity index is 197. The van der Waals surface area contributed by atoms with Crippen LogP contribution in [0.5, 0.6) is 0 Å². The lowest BCUT2D eigenvalue weighted by Gasteiger charge is -2.34. The Morgan fingerprint density at radius 2 is 1.68 bits per heavy atom. The van der Waals surface area contributed by atoms with Gasteiger partial charge in [0.25, 0.3) is 0 Å². The topological polar surface area (TPSA) is 15.3 Å². The molecule has 0 aliphatic carbocycles. The van der Waals surface area contributed by atoms with Crippen molar-refractivity contribution in [1.29, 1.82) is 0 Å². The van der Waals surface area contributed by atoms with E-state index in [4.69, 9.17) is 0 Å². The van der Waals surface area contributed by atoms with Crippen LogP contribution in [0.15, 0.2) is 0 Å². The van der Waals surface area contributed by atoms with Crippen LogP contribution in [0.4, 0.5) is 0 Å². The molecule has 1 heterocycles. The van der Waals surface area contributed by atoms with E-state index < -0.39 is 0 Å². The normalized spacial score (nSPS) is 19.7. The molecule has 19 heavy (non-hydrogen) atoms. The number of likely N-dealkylation sites (tertiary alicyclic amines) is 1. The minimum absolute atomic E-state index is 0.712. The van der Waals surface area contributed by atoms with Gasteiger partial charge >= 0.3 is 0 Å². The van der Waals surface area contributed by atoms with E-state index in [2.05, 4.69) is 31.0 Å². The second-order valence-electron chi connectivity index (χ2n) is 6.39. The molecule has 0 radical (unpaired) electrons. The fourth-order valence-electron chi connectivity index (χ4n) is 3.07. The molecule has 0 spiro atoms. The van der Waals surface area contributed by atoms with Gasteiger partial charge in [-0.15, -0.1) is 0 Å². The highest BCUT2D eigenvalue weighted by Gasteiger charge is 2.19. The van der Waals surface area contributed by atoms with E-state index in [1.807, 2.05) is 0 Å². The first-order chi connectivity index (χ1) is 9.26. The zero-order valence-corrected chi connectivity index (χ0v) is 13.6. The molecule has 114 valence electrons. The molecule has 0 saturated carbocycles. The molecule has 0 aromatic carbocycles. The van der Waals surface area contributed by atoms with Gasteiger partial charge in [-0.2, -0.15) is 0 Å². The van der Waals surface area contributed by atoms with Crippen LogP contribution in [0.3, 0.4) is 0 Å². The van der Waals surface area contributed by atoms with Gasteiger partial charge in [0.15, 0.2) is 0 Å². The molecule has 1 rings (SSSR count). The average Bonchev–Trinajstić information content (AvgIpc) is 2.43. The standard InChI is InChI=1S/C17H36N2/c1-4-6-8-9-10-16(3)18-17-11-14-19(15-12-17)13-7-5-2/h16-18H,4-15H2,1-3H3. The summed E-state index contributed by atoms with van der Waals surface area (Å²) in [6.07, 6.45) is 12.3. The lowest BCUT2D eigenvalue weighted by atomic mass is 10.0. The highest BCUT2D eigenvalue weighted by atomic mass is 15.1.